The van der Waals surface area contributed by atoms with Gasteiger partial charge in [0.1, 0.15) is 4.32 Å². The Morgan fingerprint density at radius 1 is 1.40 bits per heavy atom. The Morgan fingerprint density at radius 3 is 2.60 bits per heavy atom. The molecule has 0 aliphatic rings. The molecule has 1 nitrogen and oxygen atoms in total. The lowest BCUT2D eigenvalue weighted by Gasteiger charge is -2.06. The molecule has 5 heteroatoms. The van der Waals surface area contributed by atoms with E-state index in [1.54, 1.807) is 7.05 Å². The smallest absolute Gasteiger partial charge is 0.159 e. The molecule has 1 aromatic carbocycles. The van der Waals surface area contributed by atoms with Crippen molar-refractivity contribution >= 4 is 33.2 Å². The molecule has 0 aliphatic carbocycles. The Hall–Kier alpha value is -0.940. The van der Waals surface area contributed by atoms with E-state index in [9.17, 15) is 8.78 Å². The molecular weight excluding hydrogens is 236 g/mol. The number of hydrogen-bond donors (Lipinski definition) is 1. The van der Waals surface area contributed by atoms with E-state index in [4.69, 9.17) is 12.2 Å². The van der Waals surface area contributed by atoms with E-state index in [1.165, 1.54) is 17.8 Å². The summed E-state index contributed by atoms with van der Waals surface area (Å²) in [5.41, 5.74) is 0.525. The van der Waals surface area contributed by atoms with E-state index in [1.807, 2.05) is 0 Å². The zero-order valence-corrected chi connectivity index (χ0v) is 9.64. The van der Waals surface area contributed by atoms with Gasteiger partial charge in [-0.25, -0.2) is 8.78 Å². The van der Waals surface area contributed by atoms with Gasteiger partial charge < -0.3 is 5.32 Å². The van der Waals surface area contributed by atoms with Crippen molar-refractivity contribution in [2.24, 2.45) is 0 Å². The fourth-order valence-corrected chi connectivity index (χ4v) is 1.76. The van der Waals surface area contributed by atoms with E-state index >= 15 is 0 Å². The molecule has 0 heterocycles. The summed E-state index contributed by atoms with van der Waals surface area (Å²) in [5.74, 6) is -1.75. The average Bonchev–Trinajstić information content (AvgIpc) is 2.21. The number of halogens is 2. The number of rotatable bonds is 2. The van der Waals surface area contributed by atoms with Gasteiger partial charge in [0.2, 0.25) is 0 Å². The van der Waals surface area contributed by atoms with Gasteiger partial charge in [-0.05, 0) is 17.7 Å². The minimum Gasteiger partial charge on any atom is -0.374 e. The van der Waals surface area contributed by atoms with Crippen LogP contribution in [-0.4, -0.2) is 11.4 Å². The molecule has 0 spiro atoms. The van der Waals surface area contributed by atoms with Crippen LogP contribution in [0.2, 0.25) is 0 Å². The largest absolute Gasteiger partial charge is 0.374 e. The fraction of sp³-hybridized carbons (Fsp3) is 0.100. The number of hydrogen-bond acceptors (Lipinski definition) is 2. The van der Waals surface area contributed by atoms with Gasteiger partial charge in [-0.15, -0.1) is 0 Å². The first-order chi connectivity index (χ1) is 7.04. The van der Waals surface area contributed by atoms with Crippen LogP contribution in [0.25, 0.3) is 4.91 Å². The van der Waals surface area contributed by atoms with Crippen LogP contribution in [0.15, 0.2) is 24.8 Å². The summed E-state index contributed by atoms with van der Waals surface area (Å²) in [6.07, 6.45) is 0. The first-order valence-electron chi connectivity index (χ1n) is 4.08. The molecule has 0 aromatic heterocycles. The molecule has 15 heavy (non-hydrogen) atoms. The highest BCUT2D eigenvalue weighted by molar-refractivity contribution is 8.29. The van der Waals surface area contributed by atoms with Gasteiger partial charge in [0, 0.05) is 12.0 Å². The van der Waals surface area contributed by atoms with Crippen molar-refractivity contribution in [2.45, 2.75) is 0 Å². The Bertz CT molecular complexity index is 404. The lowest BCUT2D eigenvalue weighted by atomic mass is 10.2. The maximum absolute atomic E-state index is 12.9. The molecule has 0 saturated heterocycles. The third-order valence-electron chi connectivity index (χ3n) is 1.66. The van der Waals surface area contributed by atoms with Crippen LogP contribution in [-0.2, 0) is 0 Å². The van der Waals surface area contributed by atoms with E-state index in [0.717, 1.165) is 12.1 Å². The number of thioether (sulfide) groups is 1. The van der Waals surface area contributed by atoms with Crippen LogP contribution >= 0.6 is 24.0 Å². The topological polar surface area (TPSA) is 12.0 Å². The molecule has 0 unspecified atom stereocenters. The molecule has 1 rings (SSSR count). The van der Waals surface area contributed by atoms with Crippen molar-refractivity contribution in [2.75, 3.05) is 7.05 Å². The van der Waals surface area contributed by atoms with Gasteiger partial charge in [0.15, 0.2) is 11.6 Å². The molecule has 0 bridgehead atoms. The molecule has 1 aromatic rings. The van der Waals surface area contributed by atoms with E-state index < -0.39 is 11.6 Å². The van der Waals surface area contributed by atoms with Gasteiger partial charge in [0.05, 0.1) is 0 Å². The average molecular weight is 245 g/mol. The van der Waals surface area contributed by atoms with Crippen molar-refractivity contribution in [1.82, 2.24) is 5.32 Å². The Labute approximate surface area is 96.6 Å². The van der Waals surface area contributed by atoms with Gasteiger partial charge in [-0.2, -0.15) is 0 Å². The normalized spacial score (nSPS) is 9.80. The molecule has 0 aliphatic heterocycles. The Balaban J connectivity index is 2.83. The fourth-order valence-electron chi connectivity index (χ4n) is 0.891. The van der Waals surface area contributed by atoms with E-state index in [2.05, 4.69) is 11.9 Å². The molecular formula is C10H9F2NS2. The van der Waals surface area contributed by atoms with Gasteiger partial charge in [0.25, 0.3) is 0 Å². The third-order valence-corrected chi connectivity index (χ3v) is 2.99. The lowest BCUT2D eigenvalue weighted by Crippen LogP contribution is -2.10. The summed E-state index contributed by atoms with van der Waals surface area (Å²) in [6.45, 7) is 3.73. The number of nitrogens with one attached hydrogen (secondary N) is 1. The highest BCUT2D eigenvalue weighted by Gasteiger charge is 2.07. The predicted octanol–water partition coefficient (Wildman–Crippen LogP) is 3.17. The predicted molar refractivity (Wildman–Crippen MR) is 64.6 cm³/mol. The second kappa shape index (κ2) is 5.23. The minimum atomic E-state index is -0.885. The molecule has 0 saturated carbocycles. The van der Waals surface area contributed by atoms with E-state index in [-0.39, 0.29) is 0 Å². The van der Waals surface area contributed by atoms with Crippen LogP contribution in [0.5, 0.6) is 0 Å². The molecule has 0 amide bonds. The Morgan fingerprint density at radius 2 is 2.07 bits per heavy atom. The van der Waals surface area contributed by atoms with Gasteiger partial charge >= 0.3 is 0 Å². The van der Waals surface area contributed by atoms with Crippen molar-refractivity contribution in [3.05, 3.63) is 42.0 Å². The standard InChI is InChI=1S/C10H9F2NS2/c1-6(15-10(14)13-2)7-3-4-8(11)9(12)5-7/h3-5H,1H2,2H3,(H,13,14). The summed E-state index contributed by atoms with van der Waals surface area (Å²) in [7, 11) is 1.69. The molecule has 0 radical (unpaired) electrons. The monoisotopic (exact) mass is 245 g/mol. The van der Waals surface area contributed by atoms with Crippen LogP contribution in [0.3, 0.4) is 0 Å². The van der Waals surface area contributed by atoms with Gasteiger partial charge in [-0.3, -0.25) is 0 Å². The van der Waals surface area contributed by atoms with Crippen molar-refractivity contribution in [3.63, 3.8) is 0 Å². The summed E-state index contributed by atoms with van der Waals surface area (Å²) in [6, 6.07) is 3.63. The van der Waals surface area contributed by atoms with Crippen molar-refractivity contribution in [1.29, 1.82) is 0 Å². The number of benzene rings is 1. The highest BCUT2D eigenvalue weighted by atomic mass is 32.2. The molecule has 0 fully saturated rings. The molecule has 0 atom stereocenters. The zero-order valence-electron chi connectivity index (χ0n) is 8.01. The second-order valence-corrected chi connectivity index (χ2v) is 4.46. The number of thiocarbonyl (C=S) groups is 1. The summed E-state index contributed by atoms with van der Waals surface area (Å²) in [4.78, 5) is 0.577. The maximum atomic E-state index is 12.9. The van der Waals surface area contributed by atoms with E-state index in [0.29, 0.717) is 14.8 Å². The minimum absolute atomic E-state index is 0.525. The second-order valence-electron chi connectivity index (χ2n) is 2.69. The van der Waals surface area contributed by atoms with Crippen LogP contribution < -0.4 is 5.32 Å². The van der Waals surface area contributed by atoms with Crippen LogP contribution in [0, 0.1) is 11.6 Å². The first kappa shape index (κ1) is 12.1. The quantitative estimate of drug-likeness (QED) is 0.804. The van der Waals surface area contributed by atoms with Crippen LogP contribution in [0.1, 0.15) is 5.56 Å². The molecule has 1 N–H and O–H groups in total. The van der Waals surface area contributed by atoms with Crippen molar-refractivity contribution < 1.29 is 8.78 Å². The first-order valence-corrected chi connectivity index (χ1v) is 5.31. The highest BCUT2D eigenvalue weighted by Crippen LogP contribution is 2.26. The summed E-state index contributed by atoms with van der Waals surface area (Å²) >= 11 is 6.12. The molecule has 80 valence electrons. The zero-order chi connectivity index (χ0) is 11.4. The maximum Gasteiger partial charge on any atom is 0.159 e. The third kappa shape index (κ3) is 3.28. The summed E-state index contributed by atoms with van der Waals surface area (Å²) in [5, 5.41) is 2.76. The SMILES string of the molecule is C=C(SC(=S)NC)c1ccc(F)c(F)c1. The van der Waals surface area contributed by atoms with Crippen molar-refractivity contribution in [3.8, 4) is 0 Å². The Kier molecular flexibility index (Phi) is 4.23. The van der Waals surface area contributed by atoms with Crippen LogP contribution in [0.4, 0.5) is 8.78 Å². The summed E-state index contributed by atoms with van der Waals surface area (Å²) < 4.78 is 26.1. The lowest BCUT2D eigenvalue weighted by molar-refractivity contribution is 0.508. The van der Waals surface area contributed by atoms with Gasteiger partial charge in [-0.1, -0.05) is 36.6 Å².